The Morgan fingerprint density at radius 1 is 0.326 bits per heavy atom. The third kappa shape index (κ3) is 13.9. The van der Waals surface area contributed by atoms with Crippen LogP contribution in [0.15, 0.2) is 48.5 Å². The molecule has 8 nitrogen and oxygen atoms in total. The Hall–Kier alpha value is -1.52. The summed E-state index contributed by atoms with van der Waals surface area (Å²) in [5, 5.41) is 0. The minimum absolute atomic E-state index is 0.577. The fourth-order valence-corrected chi connectivity index (χ4v) is 8.47. The molecule has 0 amide bonds. The first-order valence-electron chi connectivity index (χ1n) is 15.6. The Kier molecular flexibility index (Phi) is 18.6. The van der Waals surface area contributed by atoms with Gasteiger partial charge in [-0.1, -0.05) is 0 Å². The SMILES string of the molecule is COCCOCCOCCOCCc1ccc(-c2ccc(-c3ccc(-c4ccc(CCOCCOCCOCCOC)s4)s3)s2)s1. The molecule has 0 fully saturated rings. The van der Waals surface area contributed by atoms with E-state index in [-0.39, 0.29) is 0 Å². The quantitative estimate of drug-likeness (QED) is 0.0593. The highest BCUT2D eigenvalue weighted by Crippen LogP contribution is 2.43. The van der Waals surface area contributed by atoms with Gasteiger partial charge in [0.25, 0.3) is 0 Å². The van der Waals surface area contributed by atoms with E-state index in [1.807, 2.05) is 45.3 Å². The van der Waals surface area contributed by atoms with Crippen molar-refractivity contribution in [2.45, 2.75) is 12.8 Å². The van der Waals surface area contributed by atoms with E-state index in [9.17, 15) is 0 Å². The molecule has 0 aliphatic rings. The van der Waals surface area contributed by atoms with Crippen molar-refractivity contribution in [3.8, 4) is 29.3 Å². The van der Waals surface area contributed by atoms with Crippen LogP contribution in [-0.4, -0.2) is 107 Å². The molecule has 0 aromatic carbocycles. The van der Waals surface area contributed by atoms with E-state index in [1.165, 1.54) is 39.0 Å². The minimum atomic E-state index is 0.577. The van der Waals surface area contributed by atoms with Crippen LogP contribution in [0.2, 0.25) is 0 Å². The van der Waals surface area contributed by atoms with Crippen LogP contribution in [0.5, 0.6) is 0 Å². The molecule has 0 aliphatic heterocycles. The summed E-state index contributed by atoms with van der Waals surface area (Å²) >= 11 is 7.41. The van der Waals surface area contributed by atoms with Gasteiger partial charge in [0.15, 0.2) is 0 Å². The fraction of sp³-hybridized carbons (Fsp3) is 0.529. The molecule has 0 unspecified atom stereocenters. The van der Waals surface area contributed by atoms with Crippen molar-refractivity contribution in [1.29, 1.82) is 0 Å². The largest absolute Gasteiger partial charge is 0.382 e. The highest BCUT2D eigenvalue weighted by Gasteiger charge is 2.12. The van der Waals surface area contributed by atoms with Gasteiger partial charge in [0, 0.05) is 66.1 Å². The Balaban J connectivity index is 1.11. The Labute approximate surface area is 289 Å². The predicted molar refractivity (Wildman–Crippen MR) is 190 cm³/mol. The smallest absolute Gasteiger partial charge is 0.0701 e. The lowest BCUT2D eigenvalue weighted by Gasteiger charge is -2.06. The molecule has 4 heterocycles. The van der Waals surface area contributed by atoms with Gasteiger partial charge in [-0.2, -0.15) is 0 Å². The predicted octanol–water partition coefficient (Wildman–Crippen LogP) is 7.41. The van der Waals surface area contributed by atoms with Crippen molar-refractivity contribution in [3.05, 3.63) is 58.3 Å². The number of rotatable bonds is 27. The number of hydrogen-bond donors (Lipinski definition) is 0. The molecule has 254 valence electrons. The maximum Gasteiger partial charge on any atom is 0.0701 e. The third-order valence-corrected chi connectivity index (χ3v) is 11.6. The second-order valence-corrected chi connectivity index (χ2v) is 14.5. The number of ether oxygens (including phenoxy) is 8. The minimum Gasteiger partial charge on any atom is -0.382 e. The lowest BCUT2D eigenvalue weighted by molar-refractivity contribution is 0.00412. The summed E-state index contributed by atoms with van der Waals surface area (Å²) in [4.78, 5) is 10.5. The first-order chi connectivity index (χ1) is 22.8. The van der Waals surface area contributed by atoms with E-state index in [0.717, 1.165) is 12.8 Å². The van der Waals surface area contributed by atoms with Crippen molar-refractivity contribution >= 4 is 45.3 Å². The first-order valence-corrected chi connectivity index (χ1v) is 18.9. The van der Waals surface area contributed by atoms with E-state index in [2.05, 4.69) is 48.5 Å². The van der Waals surface area contributed by atoms with Gasteiger partial charge in [-0.3, -0.25) is 0 Å². The Morgan fingerprint density at radius 2 is 0.587 bits per heavy atom. The van der Waals surface area contributed by atoms with E-state index >= 15 is 0 Å². The molecule has 0 bridgehead atoms. The monoisotopic (exact) mass is 710 g/mol. The molecule has 12 heteroatoms. The summed E-state index contributed by atoms with van der Waals surface area (Å²) in [5.74, 6) is 0. The van der Waals surface area contributed by atoms with Crippen LogP contribution in [0, 0.1) is 0 Å². The first kappa shape index (κ1) is 37.3. The molecule has 0 atom stereocenters. The molecule has 0 radical (unpaired) electrons. The van der Waals surface area contributed by atoms with E-state index in [1.54, 1.807) is 14.2 Å². The second-order valence-electron chi connectivity index (χ2n) is 10.0. The molecule has 46 heavy (non-hydrogen) atoms. The average molecular weight is 711 g/mol. The van der Waals surface area contributed by atoms with E-state index in [0.29, 0.717) is 92.5 Å². The van der Waals surface area contributed by atoms with Crippen molar-refractivity contribution in [2.75, 3.05) is 107 Å². The summed E-state index contributed by atoms with van der Waals surface area (Å²) in [6, 6.07) is 17.9. The normalized spacial score (nSPS) is 11.6. The number of hydrogen-bond acceptors (Lipinski definition) is 12. The molecule has 0 saturated carbocycles. The zero-order valence-electron chi connectivity index (χ0n) is 26.8. The van der Waals surface area contributed by atoms with Crippen molar-refractivity contribution < 1.29 is 37.9 Å². The van der Waals surface area contributed by atoms with Crippen LogP contribution in [0.25, 0.3) is 29.3 Å². The van der Waals surface area contributed by atoms with E-state index in [4.69, 9.17) is 37.9 Å². The van der Waals surface area contributed by atoms with E-state index < -0.39 is 0 Å². The highest BCUT2D eigenvalue weighted by molar-refractivity contribution is 7.28. The summed E-state index contributed by atoms with van der Waals surface area (Å²) < 4.78 is 43.2. The fourth-order valence-electron chi connectivity index (χ4n) is 4.21. The van der Waals surface area contributed by atoms with Crippen molar-refractivity contribution in [2.24, 2.45) is 0 Å². The van der Waals surface area contributed by atoms with Crippen LogP contribution in [0.3, 0.4) is 0 Å². The molecule has 4 rings (SSSR count). The summed E-state index contributed by atoms with van der Waals surface area (Å²) in [6.45, 7) is 8.47. The molecule has 0 N–H and O–H groups in total. The molecule has 4 aromatic heterocycles. The van der Waals surface area contributed by atoms with Gasteiger partial charge in [0.2, 0.25) is 0 Å². The summed E-state index contributed by atoms with van der Waals surface area (Å²) in [5.41, 5.74) is 0. The van der Waals surface area contributed by atoms with Crippen LogP contribution in [0.1, 0.15) is 9.75 Å². The maximum absolute atomic E-state index is 5.76. The zero-order valence-corrected chi connectivity index (χ0v) is 30.1. The molecule has 4 aromatic rings. The zero-order chi connectivity index (χ0) is 32.1. The lowest BCUT2D eigenvalue weighted by atomic mass is 10.3. The van der Waals surface area contributed by atoms with Gasteiger partial charge >= 0.3 is 0 Å². The second kappa shape index (κ2) is 22.9. The molecule has 0 saturated heterocycles. The van der Waals surface area contributed by atoms with Crippen LogP contribution < -0.4 is 0 Å². The van der Waals surface area contributed by atoms with Crippen LogP contribution in [0.4, 0.5) is 0 Å². The van der Waals surface area contributed by atoms with Gasteiger partial charge in [-0.25, -0.2) is 0 Å². The standard InChI is InChI=1S/C34H46O8S4/c1-35-15-17-39-23-25-41-21-19-37-13-11-27-3-5-29(43-27)31-7-9-33(45-31)34-10-8-32(46-34)30-6-4-28(44-30)12-14-38-20-22-42-26-24-40-18-16-36-2/h3-10H,11-26H2,1-2H3. The number of thiophene rings is 4. The van der Waals surface area contributed by atoms with Gasteiger partial charge in [-0.15, -0.1) is 45.3 Å². The maximum atomic E-state index is 5.76. The van der Waals surface area contributed by atoms with Crippen LogP contribution >= 0.6 is 45.3 Å². The molecular formula is C34H46O8S4. The van der Waals surface area contributed by atoms with Gasteiger partial charge in [-0.05, 0) is 48.5 Å². The summed E-state index contributed by atoms with van der Waals surface area (Å²) in [7, 11) is 3.33. The molecule has 0 spiro atoms. The Morgan fingerprint density at radius 3 is 0.913 bits per heavy atom. The molecular weight excluding hydrogens is 665 g/mol. The van der Waals surface area contributed by atoms with Crippen molar-refractivity contribution in [1.82, 2.24) is 0 Å². The third-order valence-electron chi connectivity index (χ3n) is 6.60. The topological polar surface area (TPSA) is 73.8 Å². The highest BCUT2D eigenvalue weighted by atomic mass is 32.1. The number of methoxy groups -OCH3 is 2. The van der Waals surface area contributed by atoms with Gasteiger partial charge in [0.05, 0.1) is 92.5 Å². The average Bonchev–Trinajstić information content (AvgIpc) is 3.89. The summed E-state index contributed by atoms with van der Waals surface area (Å²) in [6.07, 6.45) is 1.82. The molecule has 0 aliphatic carbocycles. The van der Waals surface area contributed by atoms with Crippen molar-refractivity contribution in [3.63, 3.8) is 0 Å². The Bertz CT molecular complexity index is 1230. The lowest BCUT2D eigenvalue weighted by Crippen LogP contribution is -2.11. The van der Waals surface area contributed by atoms with Gasteiger partial charge in [0.1, 0.15) is 0 Å². The van der Waals surface area contributed by atoms with Gasteiger partial charge < -0.3 is 37.9 Å². The van der Waals surface area contributed by atoms with Crippen LogP contribution in [-0.2, 0) is 50.7 Å².